The third-order valence-electron chi connectivity index (χ3n) is 5.83. The fraction of sp³-hybridized carbons (Fsp3) is 0.650. The average Bonchev–Trinajstić information content (AvgIpc) is 3.05. The second-order valence-corrected chi connectivity index (χ2v) is 7.46. The second kappa shape index (κ2) is 7.85. The van der Waals surface area contributed by atoms with Crippen molar-refractivity contribution in [1.82, 2.24) is 9.80 Å². The van der Waals surface area contributed by atoms with Crippen molar-refractivity contribution in [1.29, 1.82) is 0 Å². The van der Waals surface area contributed by atoms with Crippen molar-refractivity contribution in [2.24, 2.45) is 0 Å². The van der Waals surface area contributed by atoms with Crippen LogP contribution in [-0.2, 0) is 9.53 Å². The number of amides is 1. The molecule has 0 bridgehead atoms. The summed E-state index contributed by atoms with van der Waals surface area (Å²) >= 11 is 0. The van der Waals surface area contributed by atoms with E-state index in [1.54, 1.807) is 0 Å². The third kappa shape index (κ3) is 3.89. The van der Waals surface area contributed by atoms with Crippen LogP contribution in [0.5, 0.6) is 0 Å². The highest BCUT2D eigenvalue weighted by Crippen LogP contribution is 2.25. The summed E-state index contributed by atoms with van der Waals surface area (Å²) in [6.07, 6.45) is 5.08. The molecule has 0 saturated carbocycles. The van der Waals surface area contributed by atoms with Gasteiger partial charge in [-0.05, 0) is 37.8 Å². The monoisotopic (exact) mass is 343 g/mol. The van der Waals surface area contributed by atoms with Crippen molar-refractivity contribution in [3.05, 3.63) is 30.3 Å². The first-order valence-corrected chi connectivity index (χ1v) is 9.76. The molecule has 1 amide bonds. The van der Waals surface area contributed by atoms with Gasteiger partial charge in [-0.1, -0.05) is 18.2 Å². The van der Waals surface area contributed by atoms with Gasteiger partial charge in [0.15, 0.2) is 0 Å². The van der Waals surface area contributed by atoms with E-state index in [0.717, 1.165) is 58.0 Å². The molecule has 3 fully saturated rings. The average molecular weight is 343 g/mol. The maximum absolute atomic E-state index is 12.9. The van der Waals surface area contributed by atoms with Crippen LogP contribution in [0.3, 0.4) is 0 Å². The fourth-order valence-corrected chi connectivity index (χ4v) is 4.36. The van der Waals surface area contributed by atoms with Gasteiger partial charge in [-0.3, -0.25) is 14.6 Å². The van der Waals surface area contributed by atoms with Crippen molar-refractivity contribution in [2.75, 3.05) is 50.8 Å². The van der Waals surface area contributed by atoms with Crippen LogP contribution in [0.1, 0.15) is 25.7 Å². The van der Waals surface area contributed by atoms with Gasteiger partial charge in [0.05, 0.1) is 12.1 Å². The first-order valence-electron chi connectivity index (χ1n) is 9.76. The molecule has 0 aromatic heterocycles. The van der Waals surface area contributed by atoms with Gasteiger partial charge in [-0.2, -0.15) is 0 Å². The van der Waals surface area contributed by atoms with Crippen LogP contribution >= 0.6 is 0 Å². The van der Waals surface area contributed by atoms with E-state index in [9.17, 15) is 4.79 Å². The van der Waals surface area contributed by atoms with Crippen LogP contribution in [0.4, 0.5) is 5.69 Å². The maximum Gasteiger partial charge on any atom is 0.244 e. The molecule has 5 nitrogen and oxygen atoms in total. The van der Waals surface area contributed by atoms with E-state index in [1.165, 1.54) is 19.3 Å². The Morgan fingerprint density at radius 3 is 2.48 bits per heavy atom. The number of nitrogens with zero attached hydrogens (tertiary/aromatic N) is 3. The van der Waals surface area contributed by atoms with Crippen LogP contribution < -0.4 is 4.90 Å². The summed E-state index contributed by atoms with van der Waals surface area (Å²) < 4.78 is 5.87. The molecule has 5 heteroatoms. The molecule has 136 valence electrons. The maximum atomic E-state index is 12.9. The Kier molecular flexibility index (Phi) is 5.34. The highest BCUT2D eigenvalue weighted by Gasteiger charge is 2.37. The SMILES string of the molecule is O=C1[C@H](N2CCN(C[C@@H]3CCCCO3)CC2)CCN1c1ccccc1. The topological polar surface area (TPSA) is 36.0 Å². The summed E-state index contributed by atoms with van der Waals surface area (Å²) in [6.45, 7) is 6.91. The van der Waals surface area contributed by atoms with Crippen molar-refractivity contribution in [2.45, 2.75) is 37.8 Å². The number of piperazine rings is 1. The number of carbonyl (C=O) groups is 1. The Bertz CT molecular complexity index is 566. The fourth-order valence-electron chi connectivity index (χ4n) is 4.36. The van der Waals surface area contributed by atoms with Crippen LogP contribution in [-0.4, -0.2) is 73.7 Å². The van der Waals surface area contributed by atoms with E-state index in [0.29, 0.717) is 6.10 Å². The Morgan fingerprint density at radius 1 is 0.960 bits per heavy atom. The quantitative estimate of drug-likeness (QED) is 0.838. The number of para-hydroxylation sites is 1. The lowest BCUT2D eigenvalue weighted by atomic mass is 10.1. The summed E-state index contributed by atoms with van der Waals surface area (Å²) in [7, 11) is 0. The molecular formula is C20H29N3O2. The van der Waals surface area contributed by atoms with Gasteiger partial charge >= 0.3 is 0 Å². The van der Waals surface area contributed by atoms with E-state index in [4.69, 9.17) is 4.74 Å². The Morgan fingerprint density at radius 2 is 1.76 bits per heavy atom. The molecule has 1 aromatic carbocycles. The molecule has 0 unspecified atom stereocenters. The van der Waals surface area contributed by atoms with Gasteiger partial charge in [-0.15, -0.1) is 0 Å². The summed E-state index contributed by atoms with van der Waals surface area (Å²) in [5.74, 6) is 0.273. The van der Waals surface area contributed by atoms with Gasteiger partial charge in [0.1, 0.15) is 0 Å². The van der Waals surface area contributed by atoms with Crippen molar-refractivity contribution in [3.63, 3.8) is 0 Å². The molecule has 25 heavy (non-hydrogen) atoms. The summed E-state index contributed by atoms with van der Waals surface area (Å²) in [5, 5.41) is 0. The number of ether oxygens (including phenoxy) is 1. The standard InChI is InChI=1S/C20H29N3O2/c24-20-19(9-10-23(20)17-6-2-1-3-7-17)22-13-11-21(12-14-22)16-18-8-4-5-15-25-18/h1-3,6-7,18-19H,4-5,8-16H2/t18-,19+/m0/s1. The van der Waals surface area contributed by atoms with Crippen LogP contribution in [0.25, 0.3) is 0 Å². The highest BCUT2D eigenvalue weighted by atomic mass is 16.5. The summed E-state index contributed by atoms with van der Waals surface area (Å²) in [6, 6.07) is 10.1. The number of hydrogen-bond donors (Lipinski definition) is 0. The smallest absolute Gasteiger partial charge is 0.244 e. The molecule has 3 aliphatic rings. The van der Waals surface area contributed by atoms with Gasteiger partial charge in [0, 0.05) is 51.6 Å². The van der Waals surface area contributed by atoms with E-state index >= 15 is 0 Å². The number of anilines is 1. The predicted octanol–water partition coefficient (Wildman–Crippen LogP) is 1.98. The molecule has 3 saturated heterocycles. The molecule has 0 aliphatic carbocycles. The minimum Gasteiger partial charge on any atom is -0.377 e. The van der Waals surface area contributed by atoms with Crippen LogP contribution in [0.15, 0.2) is 30.3 Å². The third-order valence-corrected chi connectivity index (χ3v) is 5.83. The zero-order chi connectivity index (χ0) is 17.1. The first kappa shape index (κ1) is 17.0. The molecular weight excluding hydrogens is 314 g/mol. The van der Waals surface area contributed by atoms with E-state index in [-0.39, 0.29) is 11.9 Å². The molecule has 2 atom stereocenters. The number of hydrogen-bond acceptors (Lipinski definition) is 4. The number of carbonyl (C=O) groups excluding carboxylic acids is 1. The van der Waals surface area contributed by atoms with Crippen LogP contribution in [0.2, 0.25) is 0 Å². The molecule has 0 radical (unpaired) electrons. The normalized spacial score (nSPS) is 29.3. The molecule has 0 spiro atoms. The highest BCUT2D eigenvalue weighted by molar-refractivity contribution is 5.99. The number of rotatable bonds is 4. The van der Waals surface area contributed by atoms with E-state index in [2.05, 4.69) is 9.80 Å². The van der Waals surface area contributed by atoms with Gasteiger partial charge in [-0.25, -0.2) is 0 Å². The second-order valence-electron chi connectivity index (χ2n) is 7.46. The lowest BCUT2D eigenvalue weighted by Gasteiger charge is -2.39. The van der Waals surface area contributed by atoms with Crippen LogP contribution in [0, 0.1) is 0 Å². The van der Waals surface area contributed by atoms with Crippen molar-refractivity contribution >= 4 is 11.6 Å². The predicted molar refractivity (Wildman–Crippen MR) is 98.8 cm³/mol. The molecule has 4 rings (SSSR count). The summed E-state index contributed by atoms with van der Waals surface area (Å²) in [5.41, 5.74) is 1.03. The molecule has 3 aliphatic heterocycles. The zero-order valence-electron chi connectivity index (χ0n) is 15.0. The first-order chi connectivity index (χ1) is 12.3. The van der Waals surface area contributed by atoms with E-state index in [1.807, 2.05) is 35.2 Å². The number of benzene rings is 1. The Labute approximate surface area is 150 Å². The largest absolute Gasteiger partial charge is 0.377 e. The van der Waals surface area contributed by atoms with Gasteiger partial charge in [0.25, 0.3) is 0 Å². The lowest BCUT2D eigenvalue weighted by Crippen LogP contribution is -2.54. The Balaban J connectivity index is 1.28. The minimum atomic E-state index is 0.0632. The molecule has 1 aromatic rings. The van der Waals surface area contributed by atoms with Gasteiger partial charge < -0.3 is 9.64 Å². The van der Waals surface area contributed by atoms with Gasteiger partial charge in [0.2, 0.25) is 5.91 Å². The molecule has 0 N–H and O–H groups in total. The Hall–Kier alpha value is -1.43. The minimum absolute atomic E-state index is 0.0632. The molecule has 3 heterocycles. The van der Waals surface area contributed by atoms with Crippen molar-refractivity contribution < 1.29 is 9.53 Å². The van der Waals surface area contributed by atoms with E-state index < -0.39 is 0 Å². The van der Waals surface area contributed by atoms with Crippen molar-refractivity contribution in [3.8, 4) is 0 Å². The lowest BCUT2D eigenvalue weighted by molar-refractivity contribution is -0.122. The summed E-state index contributed by atoms with van der Waals surface area (Å²) in [4.78, 5) is 19.7. The zero-order valence-corrected chi connectivity index (χ0v) is 15.0.